The number of hydrogen-bond acceptors (Lipinski definition) is 6. The van der Waals surface area contributed by atoms with Crippen LogP contribution >= 0.6 is 0 Å². The van der Waals surface area contributed by atoms with Gasteiger partial charge in [0.15, 0.2) is 6.10 Å². The fraction of sp³-hybridized carbons (Fsp3) is 0.853. The number of allylic oxidation sites excluding steroid dienone is 8. The molecule has 0 saturated carbocycles. The third-order valence-electron chi connectivity index (χ3n) is 16.3. The Hall–Kier alpha value is -2.63. The molecule has 0 aliphatic rings. The molecule has 0 N–H and O–H groups in total. The Morgan fingerprint density at radius 3 is 0.704 bits per heavy atom. The molecule has 0 saturated heterocycles. The highest BCUT2D eigenvalue weighted by Crippen LogP contribution is 2.18. The van der Waals surface area contributed by atoms with E-state index in [2.05, 4.69) is 69.4 Å². The minimum absolute atomic E-state index is 0.0772. The lowest BCUT2D eigenvalue weighted by molar-refractivity contribution is -0.167. The fourth-order valence-corrected chi connectivity index (χ4v) is 10.9. The standard InChI is InChI=1S/C75H138O6/c1-4-7-10-13-16-19-22-25-28-31-33-35-36-37-38-39-41-42-44-47-50-53-56-59-62-65-68-74(77)80-71-72(70-79-73(76)67-64-61-58-55-52-49-46-30-27-24-21-18-15-12-9-6-3)81-75(78)69-66-63-60-57-54-51-48-45-43-40-34-32-29-26-23-20-17-14-11-8-5-2/h23,26,30,32,34,43,45-46,72H,4-22,24-25,27-29,31,33,35-42,44,47-71H2,1-3H3/b26-23-,34-32-,45-43-,46-30-. The first-order valence-electron chi connectivity index (χ1n) is 36.1. The van der Waals surface area contributed by atoms with Gasteiger partial charge in [-0.25, -0.2) is 0 Å². The number of unbranched alkanes of at least 4 members (excludes halogenated alkanes) is 48. The molecule has 0 heterocycles. The molecule has 0 aliphatic carbocycles. The van der Waals surface area contributed by atoms with E-state index in [0.717, 1.165) is 83.5 Å². The quantitative estimate of drug-likeness (QED) is 0.0261. The van der Waals surface area contributed by atoms with Crippen molar-refractivity contribution in [3.63, 3.8) is 0 Å². The average Bonchev–Trinajstić information content (AvgIpc) is 3.47. The zero-order chi connectivity index (χ0) is 58.5. The maximum atomic E-state index is 13.0. The van der Waals surface area contributed by atoms with Gasteiger partial charge in [-0.2, -0.15) is 0 Å². The van der Waals surface area contributed by atoms with Crippen molar-refractivity contribution < 1.29 is 28.6 Å². The van der Waals surface area contributed by atoms with Crippen molar-refractivity contribution in [2.75, 3.05) is 13.2 Å². The van der Waals surface area contributed by atoms with Gasteiger partial charge in [0.25, 0.3) is 0 Å². The van der Waals surface area contributed by atoms with E-state index in [1.807, 2.05) is 0 Å². The molecule has 81 heavy (non-hydrogen) atoms. The first-order chi connectivity index (χ1) is 40.0. The van der Waals surface area contributed by atoms with Crippen molar-refractivity contribution in [3.8, 4) is 0 Å². The van der Waals surface area contributed by atoms with Crippen molar-refractivity contribution in [2.45, 2.75) is 399 Å². The summed E-state index contributed by atoms with van der Waals surface area (Å²) >= 11 is 0. The molecule has 0 aromatic rings. The second-order valence-electron chi connectivity index (χ2n) is 24.5. The molecule has 0 bridgehead atoms. The molecular weight excluding hydrogens is 997 g/mol. The summed E-state index contributed by atoms with van der Waals surface area (Å²) in [6.45, 7) is 6.68. The molecule has 0 aromatic heterocycles. The summed E-state index contributed by atoms with van der Waals surface area (Å²) in [7, 11) is 0. The smallest absolute Gasteiger partial charge is 0.306 e. The molecule has 0 amide bonds. The van der Waals surface area contributed by atoms with E-state index in [1.165, 1.54) is 270 Å². The van der Waals surface area contributed by atoms with Crippen LogP contribution < -0.4 is 0 Å². The monoisotopic (exact) mass is 1140 g/mol. The molecule has 474 valence electrons. The number of esters is 3. The van der Waals surface area contributed by atoms with Crippen LogP contribution in [0.3, 0.4) is 0 Å². The number of hydrogen-bond donors (Lipinski definition) is 0. The lowest BCUT2D eigenvalue weighted by Gasteiger charge is -2.18. The van der Waals surface area contributed by atoms with Crippen LogP contribution in [-0.2, 0) is 28.6 Å². The molecule has 0 rings (SSSR count). The highest BCUT2D eigenvalue weighted by atomic mass is 16.6. The van der Waals surface area contributed by atoms with Gasteiger partial charge in [0.1, 0.15) is 13.2 Å². The van der Waals surface area contributed by atoms with Crippen LogP contribution in [0.25, 0.3) is 0 Å². The predicted octanol–water partition coefficient (Wildman–Crippen LogP) is 24.9. The Morgan fingerprint density at radius 1 is 0.247 bits per heavy atom. The van der Waals surface area contributed by atoms with Gasteiger partial charge in [0.05, 0.1) is 0 Å². The zero-order valence-corrected chi connectivity index (χ0v) is 54.6. The lowest BCUT2D eigenvalue weighted by Crippen LogP contribution is -2.30. The Balaban J connectivity index is 4.30. The van der Waals surface area contributed by atoms with E-state index < -0.39 is 6.10 Å². The number of ether oxygens (including phenoxy) is 3. The minimum atomic E-state index is -0.784. The fourth-order valence-electron chi connectivity index (χ4n) is 10.9. The SMILES string of the molecule is CCCCCCC/C=C\C/C=C\C/C=C\CCCCCCCCC(=O)OC(COC(=O)CCCCCCC/C=C\CCCCCCCCC)COC(=O)CCCCCCCCCCCCCCCCCCCCCCCCCCCC. The Morgan fingerprint density at radius 2 is 0.444 bits per heavy atom. The minimum Gasteiger partial charge on any atom is -0.462 e. The number of rotatable bonds is 67. The Bertz CT molecular complexity index is 1400. The van der Waals surface area contributed by atoms with Crippen LogP contribution in [-0.4, -0.2) is 37.2 Å². The van der Waals surface area contributed by atoms with Crippen LogP contribution in [0.15, 0.2) is 48.6 Å². The molecule has 0 spiro atoms. The molecule has 6 nitrogen and oxygen atoms in total. The van der Waals surface area contributed by atoms with Crippen molar-refractivity contribution in [1.82, 2.24) is 0 Å². The molecule has 0 aliphatic heterocycles. The summed E-state index contributed by atoms with van der Waals surface area (Å²) in [6.07, 6.45) is 88.6. The van der Waals surface area contributed by atoms with E-state index >= 15 is 0 Å². The van der Waals surface area contributed by atoms with Gasteiger partial charge in [-0.1, -0.05) is 339 Å². The van der Waals surface area contributed by atoms with Gasteiger partial charge in [-0.3, -0.25) is 14.4 Å². The van der Waals surface area contributed by atoms with Crippen molar-refractivity contribution in [2.24, 2.45) is 0 Å². The molecule has 6 heteroatoms. The van der Waals surface area contributed by atoms with Gasteiger partial charge >= 0.3 is 17.9 Å². The second-order valence-corrected chi connectivity index (χ2v) is 24.5. The number of carbonyl (C=O) groups excluding carboxylic acids is 3. The Labute approximate surface area is 505 Å². The molecule has 1 atom stereocenters. The summed E-state index contributed by atoms with van der Waals surface area (Å²) in [5.41, 5.74) is 0. The summed E-state index contributed by atoms with van der Waals surface area (Å²) in [6, 6.07) is 0. The summed E-state index contributed by atoms with van der Waals surface area (Å²) in [5, 5.41) is 0. The van der Waals surface area contributed by atoms with Crippen LogP contribution in [0.2, 0.25) is 0 Å². The largest absolute Gasteiger partial charge is 0.462 e. The van der Waals surface area contributed by atoms with Gasteiger partial charge in [0.2, 0.25) is 0 Å². The zero-order valence-electron chi connectivity index (χ0n) is 54.6. The van der Waals surface area contributed by atoms with Crippen molar-refractivity contribution >= 4 is 17.9 Å². The predicted molar refractivity (Wildman–Crippen MR) is 353 cm³/mol. The van der Waals surface area contributed by atoms with Crippen molar-refractivity contribution in [3.05, 3.63) is 48.6 Å². The molecule has 1 unspecified atom stereocenters. The Kier molecular flexibility index (Phi) is 67.6. The van der Waals surface area contributed by atoms with Crippen LogP contribution in [0, 0.1) is 0 Å². The topological polar surface area (TPSA) is 78.9 Å². The maximum absolute atomic E-state index is 13.0. The summed E-state index contributed by atoms with van der Waals surface area (Å²) in [5.74, 6) is -0.872. The van der Waals surface area contributed by atoms with Crippen LogP contribution in [0.5, 0.6) is 0 Å². The third kappa shape index (κ3) is 68.0. The van der Waals surface area contributed by atoms with Gasteiger partial charge < -0.3 is 14.2 Å². The first-order valence-corrected chi connectivity index (χ1v) is 36.1. The van der Waals surface area contributed by atoms with Gasteiger partial charge in [-0.05, 0) is 83.5 Å². The first kappa shape index (κ1) is 78.4. The molecule has 0 radical (unpaired) electrons. The van der Waals surface area contributed by atoms with Gasteiger partial charge in [-0.15, -0.1) is 0 Å². The second kappa shape index (κ2) is 69.9. The van der Waals surface area contributed by atoms with Gasteiger partial charge in [0, 0.05) is 19.3 Å². The maximum Gasteiger partial charge on any atom is 0.306 e. The number of carbonyl (C=O) groups is 3. The summed E-state index contributed by atoms with van der Waals surface area (Å²) in [4.78, 5) is 38.5. The molecule has 0 aromatic carbocycles. The highest BCUT2D eigenvalue weighted by molar-refractivity contribution is 5.71. The van der Waals surface area contributed by atoms with E-state index in [-0.39, 0.29) is 31.1 Å². The normalized spacial score (nSPS) is 12.3. The summed E-state index contributed by atoms with van der Waals surface area (Å²) < 4.78 is 17.0. The van der Waals surface area contributed by atoms with Crippen molar-refractivity contribution in [1.29, 1.82) is 0 Å². The average molecular weight is 1140 g/mol. The van der Waals surface area contributed by atoms with E-state index in [0.29, 0.717) is 19.3 Å². The van der Waals surface area contributed by atoms with Crippen LogP contribution in [0.4, 0.5) is 0 Å². The molecule has 0 fully saturated rings. The van der Waals surface area contributed by atoms with E-state index in [4.69, 9.17) is 14.2 Å². The van der Waals surface area contributed by atoms with E-state index in [9.17, 15) is 14.4 Å². The lowest BCUT2D eigenvalue weighted by atomic mass is 10.0. The third-order valence-corrected chi connectivity index (χ3v) is 16.3. The highest BCUT2D eigenvalue weighted by Gasteiger charge is 2.19. The van der Waals surface area contributed by atoms with E-state index in [1.54, 1.807) is 0 Å². The molecular formula is C75H138O6. The van der Waals surface area contributed by atoms with Crippen LogP contribution in [0.1, 0.15) is 393 Å².